The minimum Gasteiger partial charge on any atom is -0.496 e. The number of carbonyl (C=O) groups is 1. The van der Waals surface area contributed by atoms with Crippen molar-refractivity contribution in [2.45, 2.75) is 50.9 Å². The maximum atomic E-state index is 11.7. The number of methoxy groups -OCH3 is 2. The summed E-state index contributed by atoms with van der Waals surface area (Å²) in [5, 5.41) is 24.5. The van der Waals surface area contributed by atoms with E-state index in [4.69, 9.17) is 9.47 Å². The smallest absolute Gasteiger partial charge is 0.230 e. The van der Waals surface area contributed by atoms with Crippen LogP contribution >= 0.6 is 22.7 Å². The summed E-state index contributed by atoms with van der Waals surface area (Å²) in [6.07, 6.45) is 7.44. The average Bonchev–Trinajstić information content (AvgIpc) is 3.67. The molecule has 1 saturated carbocycles. The van der Waals surface area contributed by atoms with Crippen LogP contribution < -0.4 is 20.1 Å². The number of rotatable bonds is 10. The van der Waals surface area contributed by atoms with Gasteiger partial charge < -0.3 is 20.1 Å². The van der Waals surface area contributed by atoms with Gasteiger partial charge in [0.25, 0.3) is 0 Å². The van der Waals surface area contributed by atoms with E-state index >= 15 is 0 Å². The number of benzene rings is 2. The fourth-order valence-electron chi connectivity index (χ4n) is 4.49. The van der Waals surface area contributed by atoms with Gasteiger partial charge in [-0.05, 0) is 30.5 Å². The van der Waals surface area contributed by atoms with Crippen molar-refractivity contribution >= 4 is 38.8 Å². The monoisotopic (exact) mass is 578 g/mol. The minimum absolute atomic E-state index is 0.133. The predicted octanol–water partition coefficient (Wildman–Crippen LogP) is 6.49. The van der Waals surface area contributed by atoms with Gasteiger partial charge >= 0.3 is 0 Å². The van der Waals surface area contributed by atoms with Crippen molar-refractivity contribution in [3.05, 3.63) is 82.5 Å². The molecule has 1 fully saturated rings. The highest BCUT2D eigenvalue weighted by molar-refractivity contribution is 7.15. The second-order valence-corrected chi connectivity index (χ2v) is 11.1. The maximum absolute atomic E-state index is 11.7. The van der Waals surface area contributed by atoms with Crippen LogP contribution in [0.25, 0.3) is 0 Å². The van der Waals surface area contributed by atoms with Gasteiger partial charge in [-0.3, -0.25) is 4.79 Å². The number of hydrogen-bond acceptors (Lipinski definition) is 10. The van der Waals surface area contributed by atoms with E-state index in [-0.39, 0.29) is 12.3 Å². The lowest BCUT2D eigenvalue weighted by molar-refractivity contribution is -0.115. The Bertz CT molecular complexity index is 1370. The largest absolute Gasteiger partial charge is 0.496 e. The predicted molar refractivity (Wildman–Crippen MR) is 160 cm³/mol. The molecule has 0 saturated heterocycles. The maximum Gasteiger partial charge on any atom is 0.230 e. The summed E-state index contributed by atoms with van der Waals surface area (Å²) in [4.78, 5) is 11.7. The van der Waals surface area contributed by atoms with Crippen molar-refractivity contribution in [3.8, 4) is 11.5 Å². The topological polar surface area (TPSA) is 111 Å². The van der Waals surface area contributed by atoms with Gasteiger partial charge in [-0.2, -0.15) is 0 Å². The van der Waals surface area contributed by atoms with Crippen LogP contribution in [0.3, 0.4) is 0 Å². The van der Waals surface area contributed by atoms with Crippen molar-refractivity contribution < 1.29 is 14.3 Å². The van der Waals surface area contributed by atoms with Crippen molar-refractivity contribution in [2.75, 3.05) is 24.9 Å². The molecule has 9 nitrogen and oxygen atoms in total. The van der Waals surface area contributed by atoms with E-state index in [2.05, 4.69) is 43.7 Å². The van der Waals surface area contributed by atoms with E-state index in [0.29, 0.717) is 23.2 Å². The zero-order chi connectivity index (χ0) is 28.2. The molecule has 2 aromatic carbocycles. The van der Waals surface area contributed by atoms with E-state index in [1.54, 1.807) is 31.1 Å². The zero-order valence-electron chi connectivity index (χ0n) is 22.8. The standard InChI is InChI=1S/C18H23N3OS.C11H11N3O2S/c1-13(12-15-10-6-7-11-16(15)22-2)19-18-21-20-17(23-18)14-8-4-3-5-9-14;1-16-9-5-3-2-4-8(9)6-10(15)13-11-14-12-7-17-11/h6-7,10-11,14H,1,3-5,8-9,12H2,2H3,(H,19,21);2-5,7H,6H2,1H3,(H,13,14,15). The fraction of sp³-hybridized carbons (Fsp3) is 0.345. The van der Waals surface area contributed by atoms with Crippen molar-refractivity contribution in [1.82, 2.24) is 20.4 Å². The quantitative estimate of drug-likeness (QED) is 0.220. The minimum atomic E-state index is -0.133. The Kier molecular flexibility index (Phi) is 11.0. The molecular weight excluding hydrogens is 544 g/mol. The summed E-state index contributed by atoms with van der Waals surface area (Å²) in [6.45, 7) is 4.11. The van der Waals surface area contributed by atoms with Crippen molar-refractivity contribution in [2.24, 2.45) is 0 Å². The van der Waals surface area contributed by atoms with E-state index in [9.17, 15) is 4.79 Å². The summed E-state index contributed by atoms with van der Waals surface area (Å²) in [5.41, 5.74) is 4.43. The van der Waals surface area contributed by atoms with Crippen LogP contribution in [0.2, 0.25) is 0 Å². The first-order chi connectivity index (χ1) is 19.6. The fourth-order valence-corrected chi connectivity index (χ4v) is 5.91. The molecule has 0 spiro atoms. The normalized spacial score (nSPS) is 13.1. The van der Waals surface area contributed by atoms with E-state index < -0.39 is 0 Å². The molecule has 5 rings (SSSR count). The van der Waals surface area contributed by atoms with E-state index in [0.717, 1.165) is 32.7 Å². The number of carbonyl (C=O) groups excluding carboxylic acids is 1. The number of amides is 1. The van der Waals surface area contributed by atoms with Gasteiger partial charge in [0, 0.05) is 23.6 Å². The number of para-hydroxylation sites is 2. The number of nitrogens with one attached hydrogen (secondary N) is 2. The lowest BCUT2D eigenvalue weighted by atomic mass is 9.90. The van der Waals surface area contributed by atoms with E-state index in [1.807, 2.05) is 42.5 Å². The van der Waals surface area contributed by atoms with Crippen LogP contribution in [0.15, 0.2) is 66.3 Å². The lowest BCUT2D eigenvalue weighted by Gasteiger charge is -2.18. The number of nitrogens with zero attached hydrogens (tertiary/aromatic N) is 4. The summed E-state index contributed by atoms with van der Waals surface area (Å²) in [6, 6.07) is 15.4. The van der Waals surface area contributed by atoms with Crippen LogP contribution in [0, 0.1) is 0 Å². The summed E-state index contributed by atoms with van der Waals surface area (Å²) < 4.78 is 10.6. The van der Waals surface area contributed by atoms with Crippen molar-refractivity contribution in [3.63, 3.8) is 0 Å². The molecule has 2 heterocycles. The number of aromatic nitrogens is 4. The highest BCUT2D eigenvalue weighted by Gasteiger charge is 2.20. The third-order valence-electron chi connectivity index (χ3n) is 6.43. The van der Waals surface area contributed by atoms with Gasteiger partial charge in [0.15, 0.2) is 0 Å². The molecule has 4 aromatic rings. The summed E-state index contributed by atoms with van der Waals surface area (Å²) in [7, 11) is 3.28. The Hall–Kier alpha value is -3.83. The summed E-state index contributed by atoms with van der Waals surface area (Å²) in [5.74, 6) is 2.06. The summed E-state index contributed by atoms with van der Waals surface area (Å²) >= 11 is 2.95. The molecule has 0 atom stereocenters. The van der Waals surface area contributed by atoms with Crippen LogP contribution in [-0.4, -0.2) is 40.5 Å². The second kappa shape index (κ2) is 15.1. The van der Waals surface area contributed by atoms with Crippen molar-refractivity contribution in [1.29, 1.82) is 0 Å². The van der Waals surface area contributed by atoms with E-state index in [1.165, 1.54) is 43.4 Å². The highest BCUT2D eigenvalue weighted by Crippen LogP contribution is 2.35. The molecule has 0 bridgehead atoms. The Morgan fingerprint density at radius 1 is 0.875 bits per heavy atom. The average molecular weight is 579 g/mol. The molecule has 2 aromatic heterocycles. The second-order valence-electron chi connectivity index (χ2n) is 9.28. The number of allylic oxidation sites excluding steroid dienone is 1. The lowest BCUT2D eigenvalue weighted by Crippen LogP contribution is -2.14. The Balaban J connectivity index is 0.000000194. The Morgan fingerprint density at radius 2 is 1.52 bits per heavy atom. The third-order valence-corrected chi connectivity index (χ3v) is 8.03. The van der Waals surface area contributed by atoms with Gasteiger partial charge in [0.1, 0.15) is 22.0 Å². The Labute approximate surface area is 242 Å². The van der Waals surface area contributed by atoms with Gasteiger partial charge in [-0.25, -0.2) is 0 Å². The molecule has 0 unspecified atom stereocenters. The van der Waals surface area contributed by atoms with Crippen LogP contribution in [0.5, 0.6) is 11.5 Å². The first-order valence-corrected chi connectivity index (χ1v) is 14.8. The molecule has 1 aliphatic rings. The first-order valence-electron chi connectivity index (χ1n) is 13.1. The first kappa shape index (κ1) is 29.2. The molecule has 0 aliphatic heterocycles. The molecule has 0 radical (unpaired) electrons. The third kappa shape index (κ3) is 8.59. The van der Waals surface area contributed by atoms with Crippen LogP contribution in [-0.2, 0) is 17.6 Å². The van der Waals surface area contributed by atoms with Gasteiger partial charge in [0.05, 0.1) is 20.6 Å². The van der Waals surface area contributed by atoms with Gasteiger partial charge in [-0.1, -0.05) is 84.9 Å². The molecular formula is C29H34N6O3S2. The van der Waals surface area contributed by atoms with Gasteiger partial charge in [-0.15, -0.1) is 20.4 Å². The van der Waals surface area contributed by atoms with Gasteiger partial charge in [0.2, 0.25) is 16.2 Å². The molecule has 11 heteroatoms. The molecule has 210 valence electrons. The molecule has 1 amide bonds. The molecule has 2 N–H and O–H groups in total. The highest BCUT2D eigenvalue weighted by atomic mass is 32.1. The number of anilines is 2. The molecule has 1 aliphatic carbocycles. The zero-order valence-corrected chi connectivity index (χ0v) is 24.4. The van der Waals surface area contributed by atoms with Crippen LogP contribution in [0.1, 0.15) is 54.2 Å². The molecule has 40 heavy (non-hydrogen) atoms. The van der Waals surface area contributed by atoms with Crippen LogP contribution in [0.4, 0.5) is 10.3 Å². The Morgan fingerprint density at radius 3 is 2.15 bits per heavy atom. The number of hydrogen-bond donors (Lipinski definition) is 2. The SMILES string of the molecule is C=C(Cc1ccccc1OC)Nc1nnc(C2CCCCC2)s1.COc1ccccc1CC(=O)Nc1nncs1. The number of ether oxygens (including phenoxy) is 2.